The molecule has 0 unspecified atom stereocenters. The molecule has 16 atom stereocenters. The van der Waals surface area contributed by atoms with Crippen LogP contribution in [0.1, 0.15) is 109 Å². The Hall–Kier alpha value is -1.68. The zero-order valence-electron chi connectivity index (χ0n) is 33.9. The van der Waals surface area contributed by atoms with E-state index < -0.39 is 95.5 Å². The average Bonchev–Trinajstić information content (AvgIpc) is 3.40. The van der Waals surface area contributed by atoms with E-state index in [-0.39, 0.29) is 31.0 Å². The molecule has 0 aromatic heterocycles. The Morgan fingerprint density at radius 3 is 2.23 bits per heavy atom. The smallest absolute Gasteiger partial charge is 0.311 e. The van der Waals surface area contributed by atoms with Gasteiger partial charge in [-0.15, -0.1) is 0 Å². The van der Waals surface area contributed by atoms with Crippen LogP contribution in [0.5, 0.6) is 0 Å². The molecule has 4 rings (SSSR count). The van der Waals surface area contributed by atoms with Gasteiger partial charge in [0.15, 0.2) is 24.0 Å². The zero-order valence-corrected chi connectivity index (χ0v) is 33.9. The molecular weight excluding hydrogens is 674 g/mol. The van der Waals surface area contributed by atoms with Crippen LogP contribution in [0.15, 0.2) is 11.3 Å². The minimum absolute atomic E-state index is 0.155. The second kappa shape index (κ2) is 16.2. The number of aliphatic hydroxyl groups is 3. The fourth-order valence-corrected chi connectivity index (χ4v) is 8.83. The second-order valence-corrected chi connectivity index (χ2v) is 16.9. The van der Waals surface area contributed by atoms with Crippen molar-refractivity contribution in [2.45, 2.75) is 193 Å². The Balaban J connectivity index is 1.85. The Kier molecular flexibility index (Phi) is 13.4. The van der Waals surface area contributed by atoms with Gasteiger partial charge in [0, 0.05) is 38.0 Å². The molecule has 3 N–H and O–H groups in total. The van der Waals surface area contributed by atoms with Gasteiger partial charge in [-0.3, -0.25) is 14.5 Å². The molecule has 0 saturated carbocycles. The lowest BCUT2D eigenvalue weighted by Crippen LogP contribution is -2.61. The normalized spacial score (nSPS) is 46.8. The standard InChI is InChI=1S/C39H67NO12/c1-15-27-39(12,45)32(42)22(6)30-20(4)17-38(11,52-30)34(51-36-29(41)26(16-21(5)47-36)40(13)19(2)3)23(7)31(24(8)35(44)49-27)50-28-18-37(10,46-14)33(43)25(9)48-28/h19,21-29,31,33-34,36,41,43,45H,15-18H2,1-14H3/t21-,22+,23+,24-,25+,26+,27-,28+,29-,31+,33+,34-,36+,37-,38-,39-/m1/s1. The van der Waals surface area contributed by atoms with E-state index >= 15 is 0 Å². The van der Waals surface area contributed by atoms with Crippen LogP contribution in [0.3, 0.4) is 0 Å². The highest BCUT2D eigenvalue weighted by molar-refractivity contribution is 5.91. The third-order valence-corrected chi connectivity index (χ3v) is 12.4. The molecule has 0 aliphatic carbocycles. The molecule has 0 amide bonds. The first-order valence-electron chi connectivity index (χ1n) is 19.1. The zero-order chi connectivity index (χ0) is 39.2. The largest absolute Gasteiger partial charge is 0.488 e. The van der Waals surface area contributed by atoms with Crippen LogP contribution in [-0.4, -0.2) is 130 Å². The second-order valence-electron chi connectivity index (χ2n) is 16.9. The van der Waals surface area contributed by atoms with Crippen LogP contribution in [-0.2, 0) is 42.7 Å². The molecule has 0 spiro atoms. The van der Waals surface area contributed by atoms with E-state index in [0.29, 0.717) is 18.6 Å². The van der Waals surface area contributed by atoms with Gasteiger partial charge in [-0.2, -0.15) is 0 Å². The number of cyclic esters (lactones) is 1. The van der Waals surface area contributed by atoms with Gasteiger partial charge >= 0.3 is 5.97 Å². The van der Waals surface area contributed by atoms with Gasteiger partial charge in [0.05, 0.1) is 35.7 Å². The van der Waals surface area contributed by atoms with Crippen molar-refractivity contribution in [1.82, 2.24) is 4.90 Å². The molecule has 0 aromatic carbocycles. The Morgan fingerprint density at radius 1 is 1.02 bits per heavy atom. The molecule has 0 radical (unpaired) electrons. The number of aliphatic hydroxyl groups excluding tert-OH is 2. The Morgan fingerprint density at radius 2 is 1.65 bits per heavy atom. The topological polar surface area (TPSA) is 163 Å². The number of ketones is 1. The van der Waals surface area contributed by atoms with Gasteiger partial charge in [0.2, 0.25) is 0 Å². The highest BCUT2D eigenvalue weighted by Crippen LogP contribution is 2.47. The first-order chi connectivity index (χ1) is 24.0. The van der Waals surface area contributed by atoms with Crippen LogP contribution in [0.4, 0.5) is 0 Å². The van der Waals surface area contributed by atoms with E-state index in [1.807, 2.05) is 34.7 Å². The number of rotatable bonds is 8. The summed E-state index contributed by atoms with van der Waals surface area (Å²) in [6.45, 7) is 21.8. The highest BCUT2D eigenvalue weighted by Gasteiger charge is 2.56. The number of esters is 1. The number of nitrogens with zero attached hydrogens (tertiary/aromatic N) is 1. The van der Waals surface area contributed by atoms with Crippen molar-refractivity contribution in [3.05, 3.63) is 11.3 Å². The van der Waals surface area contributed by atoms with Crippen molar-refractivity contribution in [2.24, 2.45) is 17.8 Å². The van der Waals surface area contributed by atoms with Gasteiger partial charge in [-0.1, -0.05) is 13.8 Å². The van der Waals surface area contributed by atoms with E-state index in [4.69, 9.17) is 33.2 Å². The third-order valence-electron chi connectivity index (χ3n) is 12.4. The van der Waals surface area contributed by atoms with Gasteiger partial charge in [0.25, 0.3) is 0 Å². The number of carbonyl (C=O) groups is 2. The Labute approximate surface area is 310 Å². The van der Waals surface area contributed by atoms with Crippen molar-refractivity contribution < 1.29 is 58.1 Å². The minimum atomic E-state index is -2.02. The van der Waals surface area contributed by atoms with Gasteiger partial charge in [0.1, 0.15) is 35.8 Å². The Bertz CT molecular complexity index is 1310. The maximum Gasteiger partial charge on any atom is 0.311 e. The van der Waals surface area contributed by atoms with E-state index in [0.717, 1.165) is 5.57 Å². The maximum absolute atomic E-state index is 14.1. The number of fused-ring (bicyclic) bond motifs is 2. The van der Waals surface area contributed by atoms with E-state index in [9.17, 15) is 24.9 Å². The summed E-state index contributed by atoms with van der Waals surface area (Å²) >= 11 is 0. The number of ether oxygens (including phenoxy) is 7. The summed E-state index contributed by atoms with van der Waals surface area (Å²) in [5.74, 6) is -3.24. The summed E-state index contributed by atoms with van der Waals surface area (Å²) in [6, 6.07) is -0.101. The molecule has 4 heterocycles. The average molecular weight is 742 g/mol. The fraction of sp³-hybridized carbons (Fsp3) is 0.897. The molecule has 13 heteroatoms. The number of Topliss-reactive ketones (excluding diaryl/α,β-unsaturated/α-hetero) is 1. The van der Waals surface area contributed by atoms with Gasteiger partial charge in [-0.05, 0) is 94.7 Å². The predicted octanol–water partition coefficient (Wildman–Crippen LogP) is 3.88. The number of methoxy groups -OCH3 is 1. The molecule has 4 aliphatic heterocycles. The van der Waals surface area contributed by atoms with Crippen LogP contribution >= 0.6 is 0 Å². The summed E-state index contributed by atoms with van der Waals surface area (Å²) in [6.07, 6.45) is -6.46. The summed E-state index contributed by atoms with van der Waals surface area (Å²) in [5, 5.41) is 34.4. The van der Waals surface area contributed by atoms with Crippen LogP contribution < -0.4 is 0 Å². The van der Waals surface area contributed by atoms with Gasteiger partial charge < -0.3 is 48.5 Å². The molecule has 3 fully saturated rings. The molecular formula is C39H67NO12. The summed E-state index contributed by atoms with van der Waals surface area (Å²) in [5.41, 5.74) is -3.32. The minimum Gasteiger partial charge on any atom is -0.488 e. The summed E-state index contributed by atoms with van der Waals surface area (Å²) in [4.78, 5) is 30.3. The number of carbonyl (C=O) groups excluding carboxylic acids is 2. The fourth-order valence-electron chi connectivity index (χ4n) is 8.83. The molecule has 4 aliphatic rings. The molecule has 52 heavy (non-hydrogen) atoms. The molecule has 300 valence electrons. The van der Waals surface area contributed by atoms with Crippen molar-refractivity contribution in [1.29, 1.82) is 0 Å². The lowest BCUT2D eigenvalue weighted by molar-refractivity contribution is -0.317. The maximum atomic E-state index is 14.1. The van der Waals surface area contributed by atoms with Gasteiger partial charge in [-0.25, -0.2) is 0 Å². The molecule has 13 nitrogen and oxygen atoms in total. The van der Waals surface area contributed by atoms with E-state index in [1.54, 1.807) is 34.6 Å². The number of allylic oxidation sites excluding steroid dienone is 1. The highest BCUT2D eigenvalue weighted by atomic mass is 16.7. The van der Waals surface area contributed by atoms with Crippen LogP contribution in [0.25, 0.3) is 0 Å². The van der Waals surface area contributed by atoms with Crippen molar-refractivity contribution in [2.75, 3.05) is 14.2 Å². The van der Waals surface area contributed by atoms with E-state index in [2.05, 4.69) is 18.7 Å². The monoisotopic (exact) mass is 741 g/mol. The van der Waals surface area contributed by atoms with Crippen molar-refractivity contribution in [3.8, 4) is 0 Å². The number of hydrogen-bond donors (Lipinski definition) is 3. The predicted molar refractivity (Wildman–Crippen MR) is 192 cm³/mol. The van der Waals surface area contributed by atoms with E-state index in [1.165, 1.54) is 14.0 Å². The van der Waals surface area contributed by atoms with Crippen molar-refractivity contribution in [3.63, 3.8) is 0 Å². The molecule has 3 saturated heterocycles. The van der Waals surface area contributed by atoms with Crippen LogP contribution in [0.2, 0.25) is 0 Å². The molecule has 0 aromatic rings. The summed E-state index contributed by atoms with van der Waals surface area (Å²) in [7, 11) is 3.49. The van der Waals surface area contributed by atoms with Crippen molar-refractivity contribution >= 4 is 11.8 Å². The first-order valence-corrected chi connectivity index (χ1v) is 19.1. The quantitative estimate of drug-likeness (QED) is 0.308. The number of likely N-dealkylation sites (N-methyl/N-ethyl adjacent to an activating group) is 1. The number of hydrogen-bond acceptors (Lipinski definition) is 13. The van der Waals surface area contributed by atoms with Crippen LogP contribution in [0, 0.1) is 17.8 Å². The summed E-state index contributed by atoms with van der Waals surface area (Å²) < 4.78 is 44.7. The lowest BCUT2D eigenvalue weighted by atomic mass is 9.79. The lowest BCUT2D eigenvalue weighted by Gasteiger charge is -2.49. The third kappa shape index (κ3) is 8.28. The first kappa shape index (κ1) is 43.1. The SMILES string of the molecule is CC[C@H]1OC(=O)[C@H](C)[C@@H](O[C@H]2C[C@@](C)(OC)[C@@H](O)[C@H](C)O2)[C@H](C)[C@@H](O[C@@H]2O[C@H](C)C[C@H](N(C)C(C)C)[C@H]2O)[C@@]2(C)CC(C)=C(O2)[C@H](C)C(=O)[C@]1(C)O. The molecule has 2 bridgehead atoms.